The molecular formula is C26H31N3O4S. The number of morpholine rings is 1. The summed E-state index contributed by atoms with van der Waals surface area (Å²) in [6.45, 7) is 5.51. The summed E-state index contributed by atoms with van der Waals surface area (Å²) in [6.07, 6.45) is 0.996. The molecule has 1 aliphatic rings. The minimum Gasteiger partial charge on any atom is -0.493 e. The number of ether oxygens (including phenoxy) is 3. The fraction of sp³-hybridized carbons (Fsp3) is 0.385. The molecule has 1 amide bonds. The van der Waals surface area contributed by atoms with Crippen LogP contribution < -0.4 is 14.8 Å². The van der Waals surface area contributed by atoms with E-state index in [-0.39, 0.29) is 11.9 Å². The van der Waals surface area contributed by atoms with E-state index in [0.29, 0.717) is 37.0 Å². The van der Waals surface area contributed by atoms with Crippen LogP contribution in [0.5, 0.6) is 11.5 Å². The van der Waals surface area contributed by atoms with E-state index in [2.05, 4.69) is 46.4 Å². The second kappa shape index (κ2) is 11.5. The van der Waals surface area contributed by atoms with Crippen molar-refractivity contribution in [2.24, 2.45) is 0 Å². The summed E-state index contributed by atoms with van der Waals surface area (Å²) in [7, 11) is 3.25. The Morgan fingerprint density at radius 1 is 1.12 bits per heavy atom. The van der Waals surface area contributed by atoms with Crippen molar-refractivity contribution >= 4 is 17.2 Å². The largest absolute Gasteiger partial charge is 0.493 e. The minimum atomic E-state index is -0.175. The van der Waals surface area contributed by atoms with Gasteiger partial charge in [-0.3, -0.25) is 9.69 Å². The van der Waals surface area contributed by atoms with Gasteiger partial charge < -0.3 is 19.5 Å². The Morgan fingerprint density at radius 2 is 1.85 bits per heavy atom. The Morgan fingerprint density at radius 3 is 2.53 bits per heavy atom. The first-order chi connectivity index (χ1) is 16.6. The third kappa shape index (κ3) is 5.58. The lowest BCUT2D eigenvalue weighted by atomic mass is 10.0. The second-order valence-corrected chi connectivity index (χ2v) is 8.94. The lowest BCUT2D eigenvalue weighted by Crippen LogP contribution is -2.43. The molecule has 1 fully saturated rings. The van der Waals surface area contributed by atoms with Crippen molar-refractivity contribution in [3.05, 3.63) is 64.7 Å². The SMILES string of the molecule is CCc1ccc(-c2nc(C(=O)NCC(c3ccc(OC)c(OC)c3)N3CCOCC3)cs2)cc1. The topological polar surface area (TPSA) is 72.9 Å². The summed E-state index contributed by atoms with van der Waals surface area (Å²) >= 11 is 1.48. The van der Waals surface area contributed by atoms with E-state index >= 15 is 0 Å². The summed E-state index contributed by atoms with van der Waals surface area (Å²) in [5, 5.41) is 5.76. The Balaban J connectivity index is 1.49. The molecular weight excluding hydrogens is 450 g/mol. The number of benzene rings is 2. The summed E-state index contributed by atoms with van der Waals surface area (Å²) in [6, 6.07) is 14.2. The normalized spacial score (nSPS) is 15.0. The molecule has 0 aliphatic carbocycles. The zero-order valence-corrected chi connectivity index (χ0v) is 20.7. The van der Waals surface area contributed by atoms with Gasteiger partial charge in [-0.1, -0.05) is 37.3 Å². The van der Waals surface area contributed by atoms with Crippen molar-refractivity contribution < 1.29 is 19.0 Å². The summed E-state index contributed by atoms with van der Waals surface area (Å²) in [4.78, 5) is 19.9. The average molecular weight is 482 g/mol. The predicted molar refractivity (Wildman–Crippen MR) is 134 cm³/mol. The molecule has 4 rings (SSSR count). The molecule has 1 N–H and O–H groups in total. The van der Waals surface area contributed by atoms with Gasteiger partial charge in [-0.15, -0.1) is 11.3 Å². The maximum atomic E-state index is 13.0. The first kappa shape index (κ1) is 24.2. The van der Waals surface area contributed by atoms with Gasteiger partial charge in [0.2, 0.25) is 0 Å². The number of aromatic nitrogens is 1. The molecule has 2 aromatic carbocycles. The van der Waals surface area contributed by atoms with E-state index < -0.39 is 0 Å². The lowest BCUT2D eigenvalue weighted by molar-refractivity contribution is 0.0161. The summed E-state index contributed by atoms with van der Waals surface area (Å²) in [5.41, 5.74) is 3.79. The average Bonchev–Trinajstić information content (AvgIpc) is 3.40. The molecule has 1 saturated heterocycles. The maximum Gasteiger partial charge on any atom is 0.270 e. The highest BCUT2D eigenvalue weighted by atomic mass is 32.1. The van der Waals surface area contributed by atoms with Crippen LogP contribution in [-0.2, 0) is 11.2 Å². The molecule has 1 atom stereocenters. The van der Waals surface area contributed by atoms with Crippen LogP contribution in [0, 0.1) is 0 Å². The monoisotopic (exact) mass is 481 g/mol. The van der Waals surface area contributed by atoms with Crippen LogP contribution in [0.2, 0.25) is 0 Å². The highest BCUT2D eigenvalue weighted by Crippen LogP contribution is 2.32. The Bertz CT molecular complexity index is 1090. The van der Waals surface area contributed by atoms with Gasteiger partial charge in [-0.25, -0.2) is 4.98 Å². The number of hydrogen-bond donors (Lipinski definition) is 1. The van der Waals surface area contributed by atoms with Gasteiger partial charge in [0.1, 0.15) is 10.7 Å². The van der Waals surface area contributed by atoms with Crippen LogP contribution >= 0.6 is 11.3 Å². The quantitative estimate of drug-likeness (QED) is 0.494. The van der Waals surface area contributed by atoms with E-state index in [0.717, 1.165) is 35.6 Å². The van der Waals surface area contributed by atoms with Gasteiger partial charge in [-0.05, 0) is 29.7 Å². The molecule has 3 aromatic rings. The van der Waals surface area contributed by atoms with Crippen LogP contribution in [0.4, 0.5) is 0 Å². The zero-order chi connectivity index (χ0) is 23.9. The Labute approximate surface area is 204 Å². The van der Waals surface area contributed by atoms with Crippen LogP contribution in [0.3, 0.4) is 0 Å². The van der Waals surface area contributed by atoms with Crippen molar-refractivity contribution in [1.82, 2.24) is 15.2 Å². The van der Waals surface area contributed by atoms with Crippen molar-refractivity contribution in [2.45, 2.75) is 19.4 Å². The molecule has 1 aromatic heterocycles. The van der Waals surface area contributed by atoms with Crippen molar-refractivity contribution in [1.29, 1.82) is 0 Å². The van der Waals surface area contributed by atoms with Crippen molar-refractivity contribution in [3.63, 3.8) is 0 Å². The zero-order valence-electron chi connectivity index (χ0n) is 19.9. The fourth-order valence-electron chi connectivity index (χ4n) is 4.08. The number of nitrogens with zero attached hydrogens (tertiary/aromatic N) is 2. The number of nitrogens with one attached hydrogen (secondary N) is 1. The number of aryl methyl sites for hydroxylation is 1. The van der Waals surface area contributed by atoms with E-state index in [9.17, 15) is 4.79 Å². The summed E-state index contributed by atoms with van der Waals surface area (Å²) in [5.74, 6) is 1.17. The predicted octanol–water partition coefficient (Wildman–Crippen LogP) is 4.19. The number of carbonyl (C=O) groups excluding carboxylic acids is 1. The fourth-order valence-corrected chi connectivity index (χ4v) is 4.89. The molecule has 180 valence electrons. The van der Waals surface area contributed by atoms with Crippen LogP contribution in [0.1, 0.15) is 34.6 Å². The standard InChI is InChI=1S/C26H31N3O4S/c1-4-18-5-7-19(8-6-18)26-28-21(17-34-26)25(30)27-16-22(29-11-13-33-14-12-29)20-9-10-23(31-2)24(15-20)32-3/h5-10,15,17,22H,4,11-14,16H2,1-3H3,(H,27,30). The van der Waals surface area contributed by atoms with Gasteiger partial charge in [-0.2, -0.15) is 0 Å². The number of thiazole rings is 1. The van der Waals surface area contributed by atoms with E-state index in [1.165, 1.54) is 16.9 Å². The molecule has 0 spiro atoms. The highest BCUT2D eigenvalue weighted by molar-refractivity contribution is 7.13. The summed E-state index contributed by atoms with van der Waals surface area (Å²) < 4.78 is 16.4. The van der Waals surface area contributed by atoms with E-state index in [1.807, 2.05) is 23.6 Å². The number of methoxy groups -OCH3 is 2. The molecule has 7 nitrogen and oxygen atoms in total. The first-order valence-electron chi connectivity index (χ1n) is 11.5. The van der Waals surface area contributed by atoms with E-state index in [1.54, 1.807) is 14.2 Å². The lowest BCUT2D eigenvalue weighted by Gasteiger charge is -2.35. The number of hydrogen-bond acceptors (Lipinski definition) is 7. The molecule has 1 aliphatic heterocycles. The third-order valence-electron chi connectivity index (χ3n) is 6.08. The highest BCUT2D eigenvalue weighted by Gasteiger charge is 2.25. The van der Waals surface area contributed by atoms with Crippen molar-refractivity contribution in [2.75, 3.05) is 47.1 Å². The minimum absolute atomic E-state index is 0.0210. The molecule has 8 heteroatoms. The third-order valence-corrected chi connectivity index (χ3v) is 6.97. The van der Waals surface area contributed by atoms with E-state index in [4.69, 9.17) is 14.2 Å². The smallest absolute Gasteiger partial charge is 0.270 e. The molecule has 34 heavy (non-hydrogen) atoms. The Hall–Kier alpha value is -2.94. The van der Waals surface area contributed by atoms with Crippen molar-refractivity contribution in [3.8, 4) is 22.1 Å². The maximum absolute atomic E-state index is 13.0. The number of amides is 1. The van der Waals surface area contributed by atoms with Gasteiger partial charge in [0.05, 0.1) is 33.5 Å². The van der Waals surface area contributed by atoms with Gasteiger partial charge in [0.25, 0.3) is 5.91 Å². The molecule has 1 unspecified atom stereocenters. The van der Waals surface area contributed by atoms with Crippen LogP contribution in [0.25, 0.3) is 10.6 Å². The van der Waals surface area contributed by atoms with Gasteiger partial charge in [0, 0.05) is 30.6 Å². The van der Waals surface area contributed by atoms with Gasteiger partial charge in [0.15, 0.2) is 11.5 Å². The molecule has 0 bridgehead atoms. The van der Waals surface area contributed by atoms with Crippen LogP contribution in [0.15, 0.2) is 47.8 Å². The van der Waals surface area contributed by atoms with Crippen LogP contribution in [-0.4, -0.2) is 62.9 Å². The number of carbonyl (C=O) groups is 1. The Kier molecular flexibility index (Phi) is 8.16. The molecule has 2 heterocycles. The molecule has 0 radical (unpaired) electrons. The number of rotatable bonds is 9. The second-order valence-electron chi connectivity index (χ2n) is 8.08. The first-order valence-corrected chi connectivity index (χ1v) is 12.4. The molecule has 0 saturated carbocycles. The van der Waals surface area contributed by atoms with Gasteiger partial charge >= 0.3 is 0 Å².